The molecule has 1 fully saturated rings. The lowest BCUT2D eigenvalue weighted by atomic mass is 10.0. The van der Waals surface area contributed by atoms with Crippen molar-refractivity contribution in [3.05, 3.63) is 90.0 Å². The second-order valence-corrected chi connectivity index (χ2v) is 11.0. The van der Waals surface area contributed by atoms with Crippen LogP contribution in [0.4, 0.5) is 11.4 Å². The van der Waals surface area contributed by atoms with Crippen molar-refractivity contribution in [2.75, 3.05) is 23.3 Å². The number of anilines is 2. The molecule has 2 atom stereocenters. The van der Waals surface area contributed by atoms with Crippen LogP contribution in [0.2, 0.25) is 0 Å². The molecule has 1 aliphatic heterocycles. The molecule has 4 rings (SSSR count). The smallest absolute Gasteiger partial charge is 0.247 e. The predicted molar refractivity (Wildman–Crippen MR) is 161 cm³/mol. The van der Waals surface area contributed by atoms with Gasteiger partial charge in [0.25, 0.3) is 0 Å². The van der Waals surface area contributed by atoms with Gasteiger partial charge in [0.15, 0.2) is 0 Å². The number of hydrogen-bond acceptors (Lipinski definition) is 5. The van der Waals surface area contributed by atoms with E-state index in [0.717, 1.165) is 35.7 Å². The van der Waals surface area contributed by atoms with E-state index in [0.29, 0.717) is 25.1 Å². The SMILES string of the molecule is CC(C)CC(N)C(=O)NC(Cc1ccc(OCc2ccccc2)cc1)C(=O)Nc1ccc(N2CCCCC2)cc1. The number of nitrogens with one attached hydrogen (secondary N) is 2. The van der Waals surface area contributed by atoms with Crippen molar-refractivity contribution in [2.24, 2.45) is 11.7 Å². The van der Waals surface area contributed by atoms with Crippen molar-refractivity contribution in [3.63, 3.8) is 0 Å². The van der Waals surface area contributed by atoms with Crippen molar-refractivity contribution < 1.29 is 14.3 Å². The van der Waals surface area contributed by atoms with Crippen LogP contribution in [0.25, 0.3) is 0 Å². The molecule has 7 nitrogen and oxygen atoms in total. The minimum absolute atomic E-state index is 0.273. The summed E-state index contributed by atoms with van der Waals surface area (Å²) in [4.78, 5) is 28.7. The fourth-order valence-corrected chi connectivity index (χ4v) is 4.94. The first-order valence-electron chi connectivity index (χ1n) is 14.3. The lowest BCUT2D eigenvalue weighted by molar-refractivity contribution is -0.127. The second-order valence-electron chi connectivity index (χ2n) is 11.0. The van der Waals surface area contributed by atoms with Gasteiger partial charge in [-0.2, -0.15) is 0 Å². The van der Waals surface area contributed by atoms with E-state index in [1.807, 2.05) is 92.7 Å². The molecule has 3 aromatic rings. The van der Waals surface area contributed by atoms with Crippen LogP contribution in [0.5, 0.6) is 5.75 Å². The summed E-state index contributed by atoms with van der Waals surface area (Å²) in [6.45, 7) is 6.64. The Kier molecular flexibility index (Phi) is 10.6. The number of nitrogens with two attached hydrogens (primary N) is 1. The summed E-state index contributed by atoms with van der Waals surface area (Å²) in [5.74, 6) is 0.414. The molecule has 0 aromatic heterocycles. The highest BCUT2D eigenvalue weighted by Crippen LogP contribution is 2.22. The van der Waals surface area contributed by atoms with Crippen molar-refractivity contribution >= 4 is 23.2 Å². The van der Waals surface area contributed by atoms with E-state index < -0.39 is 12.1 Å². The van der Waals surface area contributed by atoms with Gasteiger partial charge in [-0.25, -0.2) is 0 Å². The minimum Gasteiger partial charge on any atom is -0.489 e. The number of ether oxygens (including phenoxy) is 1. The molecular formula is C33H42N4O3. The Morgan fingerprint density at radius 1 is 0.850 bits per heavy atom. The highest BCUT2D eigenvalue weighted by atomic mass is 16.5. The summed E-state index contributed by atoms with van der Waals surface area (Å²) in [6, 6.07) is 24.1. The topological polar surface area (TPSA) is 96.7 Å². The fourth-order valence-electron chi connectivity index (χ4n) is 4.94. The van der Waals surface area contributed by atoms with E-state index in [1.54, 1.807) is 0 Å². The standard InChI is InChI=1S/C33H42N4O3/c1-24(2)21-30(34)32(38)36-31(22-25-11-17-29(18-12-25)40-23-26-9-5-3-6-10-26)33(39)35-27-13-15-28(16-14-27)37-19-7-4-8-20-37/h3,5-6,9-18,24,30-31H,4,7-8,19-23,34H2,1-2H3,(H,35,39)(H,36,38). The first-order chi connectivity index (χ1) is 19.4. The number of benzene rings is 3. The maximum atomic E-state index is 13.4. The van der Waals surface area contributed by atoms with Crippen molar-refractivity contribution in [1.29, 1.82) is 0 Å². The van der Waals surface area contributed by atoms with E-state index >= 15 is 0 Å². The molecule has 40 heavy (non-hydrogen) atoms. The van der Waals surface area contributed by atoms with Crippen LogP contribution in [0.1, 0.15) is 50.7 Å². The van der Waals surface area contributed by atoms with Gasteiger partial charge < -0.3 is 26.0 Å². The Bertz CT molecular complexity index is 1210. The molecule has 4 N–H and O–H groups in total. The summed E-state index contributed by atoms with van der Waals surface area (Å²) < 4.78 is 5.90. The van der Waals surface area contributed by atoms with Crippen LogP contribution in [0, 0.1) is 5.92 Å². The number of carbonyl (C=O) groups excluding carboxylic acids is 2. The molecule has 1 aliphatic rings. The molecule has 0 saturated carbocycles. The van der Waals surface area contributed by atoms with Gasteiger partial charge in [-0.15, -0.1) is 0 Å². The number of nitrogens with zero attached hydrogens (tertiary/aromatic N) is 1. The molecule has 2 unspecified atom stereocenters. The molecule has 1 saturated heterocycles. The zero-order valence-corrected chi connectivity index (χ0v) is 23.6. The Hall–Kier alpha value is -3.84. The fraction of sp³-hybridized carbons (Fsp3) is 0.394. The number of carbonyl (C=O) groups is 2. The van der Waals surface area contributed by atoms with Crippen molar-refractivity contribution in [1.82, 2.24) is 5.32 Å². The first kappa shape index (κ1) is 29.2. The molecule has 0 aliphatic carbocycles. The molecule has 0 bridgehead atoms. The third-order valence-corrected chi connectivity index (χ3v) is 7.16. The van der Waals surface area contributed by atoms with Crippen molar-refractivity contribution in [3.8, 4) is 5.75 Å². The summed E-state index contributed by atoms with van der Waals surface area (Å²) >= 11 is 0. The monoisotopic (exact) mass is 542 g/mol. The molecule has 2 amide bonds. The van der Waals surface area contributed by atoms with E-state index in [1.165, 1.54) is 19.3 Å². The maximum absolute atomic E-state index is 13.4. The average Bonchev–Trinajstić information content (AvgIpc) is 2.97. The van der Waals surface area contributed by atoms with Gasteiger partial charge in [0.2, 0.25) is 11.8 Å². The Balaban J connectivity index is 1.41. The van der Waals surface area contributed by atoms with Crippen LogP contribution >= 0.6 is 0 Å². The van der Waals surface area contributed by atoms with Gasteiger partial charge >= 0.3 is 0 Å². The zero-order valence-electron chi connectivity index (χ0n) is 23.6. The predicted octanol–water partition coefficient (Wildman–Crippen LogP) is 5.30. The number of hydrogen-bond donors (Lipinski definition) is 3. The Morgan fingerprint density at radius 3 is 2.17 bits per heavy atom. The van der Waals surface area contributed by atoms with Gasteiger partial charge in [0.1, 0.15) is 18.4 Å². The Labute approximate surface area is 238 Å². The molecular weight excluding hydrogens is 500 g/mol. The molecule has 7 heteroatoms. The average molecular weight is 543 g/mol. The second kappa shape index (κ2) is 14.5. The van der Waals surface area contributed by atoms with Crippen LogP contribution in [0.15, 0.2) is 78.9 Å². The highest BCUT2D eigenvalue weighted by molar-refractivity contribution is 5.98. The van der Waals surface area contributed by atoms with Gasteiger partial charge in [-0.05, 0) is 79.1 Å². The summed E-state index contributed by atoms with van der Waals surface area (Å²) in [5.41, 5.74) is 9.99. The normalized spacial score (nSPS) is 14.8. The molecule has 212 valence electrons. The molecule has 0 radical (unpaired) electrons. The number of rotatable bonds is 12. The summed E-state index contributed by atoms with van der Waals surface area (Å²) in [5, 5.41) is 5.89. The maximum Gasteiger partial charge on any atom is 0.247 e. The zero-order chi connectivity index (χ0) is 28.3. The third-order valence-electron chi connectivity index (χ3n) is 7.16. The van der Waals surface area contributed by atoms with Gasteiger partial charge in [0, 0.05) is 30.9 Å². The van der Waals surface area contributed by atoms with E-state index in [-0.39, 0.29) is 17.7 Å². The van der Waals surface area contributed by atoms with E-state index in [9.17, 15) is 9.59 Å². The third kappa shape index (κ3) is 8.85. The van der Waals surface area contributed by atoms with Crippen LogP contribution in [0.3, 0.4) is 0 Å². The number of piperidine rings is 1. The summed E-state index contributed by atoms with van der Waals surface area (Å²) in [7, 11) is 0. The molecule has 1 heterocycles. The van der Waals surface area contributed by atoms with E-state index in [4.69, 9.17) is 10.5 Å². The minimum atomic E-state index is -0.774. The first-order valence-corrected chi connectivity index (χ1v) is 14.3. The highest BCUT2D eigenvalue weighted by Gasteiger charge is 2.25. The Morgan fingerprint density at radius 2 is 1.52 bits per heavy atom. The lowest BCUT2D eigenvalue weighted by Crippen LogP contribution is -2.51. The summed E-state index contributed by atoms with van der Waals surface area (Å²) in [6.07, 6.45) is 4.57. The van der Waals surface area contributed by atoms with Crippen LogP contribution in [-0.2, 0) is 22.6 Å². The lowest BCUT2D eigenvalue weighted by Gasteiger charge is -2.29. The number of amides is 2. The van der Waals surface area contributed by atoms with E-state index in [2.05, 4.69) is 15.5 Å². The van der Waals surface area contributed by atoms with Gasteiger partial charge in [-0.1, -0.05) is 56.3 Å². The van der Waals surface area contributed by atoms with Gasteiger partial charge in [0.05, 0.1) is 6.04 Å². The molecule has 0 spiro atoms. The largest absolute Gasteiger partial charge is 0.489 e. The van der Waals surface area contributed by atoms with Gasteiger partial charge in [-0.3, -0.25) is 9.59 Å². The quantitative estimate of drug-likeness (QED) is 0.289. The van der Waals surface area contributed by atoms with Crippen molar-refractivity contribution in [2.45, 2.75) is 64.6 Å². The molecule has 3 aromatic carbocycles. The van der Waals surface area contributed by atoms with Crippen LogP contribution in [-0.4, -0.2) is 37.0 Å². The van der Waals surface area contributed by atoms with Crippen LogP contribution < -0.4 is 26.0 Å².